The average molecular weight is 435 g/mol. The average Bonchev–Trinajstić information content (AvgIpc) is 3.22. The van der Waals surface area contributed by atoms with Crippen molar-refractivity contribution in [2.24, 2.45) is 5.10 Å². The van der Waals surface area contributed by atoms with Crippen molar-refractivity contribution in [3.05, 3.63) is 106 Å². The van der Waals surface area contributed by atoms with Crippen LogP contribution in [0.2, 0.25) is 10.0 Å². The number of carbonyl (C=O) groups excluding carboxylic acids is 1. The van der Waals surface area contributed by atoms with Crippen LogP contribution in [-0.2, 0) is 0 Å². The monoisotopic (exact) mass is 434 g/mol. The molecule has 5 nitrogen and oxygen atoms in total. The molecule has 1 N–H and O–H groups in total. The molecule has 0 aliphatic carbocycles. The van der Waals surface area contributed by atoms with Gasteiger partial charge in [0.25, 0.3) is 5.91 Å². The van der Waals surface area contributed by atoms with Crippen LogP contribution < -0.4 is 5.43 Å². The molecule has 0 aliphatic rings. The Morgan fingerprint density at radius 3 is 2.33 bits per heavy atom. The molecule has 1 amide bonds. The number of rotatable bonds is 5. The highest BCUT2D eigenvalue weighted by Crippen LogP contribution is 2.24. The highest BCUT2D eigenvalue weighted by molar-refractivity contribution is 6.36. The van der Waals surface area contributed by atoms with Gasteiger partial charge < -0.3 is 0 Å². The molecule has 0 aliphatic heterocycles. The number of nitrogens with zero attached hydrogens (tertiary/aromatic N) is 3. The first-order valence-electron chi connectivity index (χ1n) is 9.11. The van der Waals surface area contributed by atoms with Crippen LogP contribution in [0, 0.1) is 0 Å². The Kier molecular flexibility index (Phi) is 5.93. The molecule has 1 heterocycles. The zero-order chi connectivity index (χ0) is 20.9. The number of aromatic nitrogens is 2. The van der Waals surface area contributed by atoms with Gasteiger partial charge in [-0.1, -0.05) is 77.8 Å². The van der Waals surface area contributed by atoms with Gasteiger partial charge in [0.1, 0.15) is 0 Å². The molecule has 0 atom stereocenters. The van der Waals surface area contributed by atoms with E-state index in [1.165, 1.54) is 6.21 Å². The molecule has 148 valence electrons. The number of hydrazone groups is 1. The van der Waals surface area contributed by atoms with Crippen LogP contribution in [0.3, 0.4) is 0 Å². The fraction of sp³-hybridized carbons (Fsp3) is 0. The van der Waals surface area contributed by atoms with E-state index in [2.05, 4.69) is 15.6 Å². The summed E-state index contributed by atoms with van der Waals surface area (Å²) in [6, 6.07) is 26.2. The molecule has 0 fully saturated rings. The van der Waals surface area contributed by atoms with E-state index in [0.717, 1.165) is 16.9 Å². The van der Waals surface area contributed by atoms with Crippen LogP contribution in [0.4, 0.5) is 0 Å². The minimum absolute atomic E-state index is 0.247. The summed E-state index contributed by atoms with van der Waals surface area (Å²) in [6.45, 7) is 0. The Morgan fingerprint density at radius 2 is 1.63 bits per heavy atom. The summed E-state index contributed by atoms with van der Waals surface area (Å²) in [5.41, 5.74) is 5.99. The van der Waals surface area contributed by atoms with Crippen molar-refractivity contribution in [3.63, 3.8) is 0 Å². The fourth-order valence-electron chi connectivity index (χ4n) is 2.90. The van der Waals surface area contributed by atoms with E-state index < -0.39 is 5.91 Å². The van der Waals surface area contributed by atoms with Gasteiger partial charge in [0.15, 0.2) is 5.69 Å². The SMILES string of the molecule is O=C(NN=Cc1ccc(Cl)cc1Cl)c1cc(-c2ccccc2)n(-c2ccccc2)n1. The van der Waals surface area contributed by atoms with Crippen LogP contribution in [0.25, 0.3) is 16.9 Å². The molecule has 1 aromatic heterocycles. The van der Waals surface area contributed by atoms with Gasteiger partial charge in [0.05, 0.1) is 22.6 Å². The molecule has 0 spiro atoms. The van der Waals surface area contributed by atoms with E-state index in [1.807, 2.05) is 60.7 Å². The van der Waals surface area contributed by atoms with Gasteiger partial charge in [-0.2, -0.15) is 10.2 Å². The predicted molar refractivity (Wildman–Crippen MR) is 121 cm³/mol. The second-order valence-corrected chi connectivity index (χ2v) is 7.24. The van der Waals surface area contributed by atoms with Gasteiger partial charge in [0.2, 0.25) is 0 Å². The molecule has 30 heavy (non-hydrogen) atoms. The number of hydrogen-bond donors (Lipinski definition) is 1. The summed E-state index contributed by atoms with van der Waals surface area (Å²) in [5.74, 6) is -0.428. The molecule has 3 aromatic carbocycles. The van der Waals surface area contributed by atoms with Crippen LogP contribution in [0.15, 0.2) is 90.0 Å². The summed E-state index contributed by atoms with van der Waals surface area (Å²) in [5, 5.41) is 9.46. The molecule has 7 heteroatoms. The second kappa shape index (κ2) is 8.95. The quantitative estimate of drug-likeness (QED) is 0.327. The number of hydrogen-bond acceptors (Lipinski definition) is 3. The maximum Gasteiger partial charge on any atom is 0.291 e. The molecule has 0 saturated carbocycles. The van der Waals surface area contributed by atoms with Crippen molar-refractivity contribution >= 4 is 35.3 Å². The highest BCUT2D eigenvalue weighted by atomic mass is 35.5. The first-order valence-corrected chi connectivity index (χ1v) is 9.87. The van der Waals surface area contributed by atoms with E-state index >= 15 is 0 Å². The lowest BCUT2D eigenvalue weighted by molar-refractivity contribution is 0.0949. The molecule has 4 rings (SSSR count). The third-order valence-corrected chi connectivity index (χ3v) is 4.91. The summed E-state index contributed by atoms with van der Waals surface area (Å²) in [4.78, 5) is 12.6. The zero-order valence-electron chi connectivity index (χ0n) is 15.7. The standard InChI is InChI=1S/C23H16Cl2N4O/c24-18-12-11-17(20(25)13-18)15-26-27-23(30)21-14-22(16-7-3-1-4-8-16)29(28-21)19-9-5-2-6-10-19/h1-15H,(H,27,30). The Morgan fingerprint density at radius 1 is 0.933 bits per heavy atom. The number of carbonyl (C=O) groups is 1. The van der Waals surface area contributed by atoms with Gasteiger partial charge >= 0.3 is 0 Å². The van der Waals surface area contributed by atoms with Crippen molar-refractivity contribution in [1.82, 2.24) is 15.2 Å². The maximum atomic E-state index is 12.6. The molecule has 0 radical (unpaired) electrons. The van der Waals surface area contributed by atoms with Crippen LogP contribution >= 0.6 is 23.2 Å². The number of halogens is 2. The molecular formula is C23H16Cl2N4O. The Hall–Kier alpha value is -3.41. The van der Waals surface area contributed by atoms with Crippen LogP contribution in [0.1, 0.15) is 16.1 Å². The van der Waals surface area contributed by atoms with Gasteiger partial charge in [-0.3, -0.25) is 4.79 Å². The summed E-state index contributed by atoms with van der Waals surface area (Å²) in [7, 11) is 0. The fourth-order valence-corrected chi connectivity index (χ4v) is 3.35. The van der Waals surface area contributed by atoms with Crippen LogP contribution in [0.5, 0.6) is 0 Å². The Bertz CT molecular complexity index is 1150. The normalized spacial score (nSPS) is 11.0. The third-order valence-electron chi connectivity index (χ3n) is 4.34. The number of para-hydroxylation sites is 1. The minimum atomic E-state index is -0.428. The molecular weight excluding hydrogens is 419 g/mol. The van der Waals surface area contributed by atoms with E-state index in [4.69, 9.17) is 23.2 Å². The first kappa shape index (κ1) is 19.9. The van der Waals surface area contributed by atoms with Gasteiger partial charge in [-0.25, -0.2) is 10.1 Å². The van der Waals surface area contributed by atoms with Crippen molar-refractivity contribution in [2.75, 3.05) is 0 Å². The first-order chi connectivity index (χ1) is 14.6. The Balaban J connectivity index is 1.61. The topological polar surface area (TPSA) is 59.3 Å². The van der Waals surface area contributed by atoms with Gasteiger partial charge in [0, 0.05) is 16.1 Å². The van der Waals surface area contributed by atoms with Crippen molar-refractivity contribution in [3.8, 4) is 16.9 Å². The van der Waals surface area contributed by atoms with E-state index in [9.17, 15) is 4.79 Å². The van der Waals surface area contributed by atoms with Crippen molar-refractivity contribution in [1.29, 1.82) is 0 Å². The van der Waals surface area contributed by atoms with Crippen molar-refractivity contribution < 1.29 is 4.79 Å². The maximum absolute atomic E-state index is 12.6. The molecule has 0 unspecified atom stereocenters. The summed E-state index contributed by atoms with van der Waals surface area (Å²) < 4.78 is 1.74. The minimum Gasteiger partial charge on any atom is -0.265 e. The predicted octanol–water partition coefficient (Wildman–Crippen LogP) is 5.61. The Labute approximate surface area is 183 Å². The number of benzene rings is 3. The molecule has 0 bridgehead atoms. The lowest BCUT2D eigenvalue weighted by Gasteiger charge is -2.07. The van der Waals surface area contributed by atoms with Crippen molar-refractivity contribution in [2.45, 2.75) is 0 Å². The van der Waals surface area contributed by atoms with E-state index in [-0.39, 0.29) is 5.69 Å². The van der Waals surface area contributed by atoms with E-state index in [0.29, 0.717) is 15.6 Å². The highest BCUT2D eigenvalue weighted by Gasteiger charge is 2.16. The lowest BCUT2D eigenvalue weighted by Crippen LogP contribution is -2.18. The molecule has 0 saturated heterocycles. The lowest BCUT2D eigenvalue weighted by atomic mass is 10.1. The smallest absolute Gasteiger partial charge is 0.265 e. The van der Waals surface area contributed by atoms with Gasteiger partial charge in [-0.05, 0) is 30.3 Å². The third kappa shape index (κ3) is 4.43. The largest absolute Gasteiger partial charge is 0.291 e. The van der Waals surface area contributed by atoms with E-state index in [1.54, 1.807) is 28.9 Å². The van der Waals surface area contributed by atoms with Gasteiger partial charge in [-0.15, -0.1) is 0 Å². The summed E-state index contributed by atoms with van der Waals surface area (Å²) >= 11 is 12.0. The zero-order valence-corrected chi connectivity index (χ0v) is 17.2. The summed E-state index contributed by atoms with van der Waals surface area (Å²) in [6.07, 6.45) is 1.46. The molecule has 4 aromatic rings. The number of amides is 1. The van der Waals surface area contributed by atoms with Crippen LogP contribution in [-0.4, -0.2) is 21.9 Å². The number of nitrogens with one attached hydrogen (secondary N) is 1. The second-order valence-electron chi connectivity index (χ2n) is 6.39.